The third kappa shape index (κ3) is 19.5. The van der Waals surface area contributed by atoms with E-state index in [-0.39, 0.29) is 25.2 Å². The third-order valence-electron chi connectivity index (χ3n) is 4.47. The topological polar surface area (TPSA) is 72.8 Å². The number of hydrogen-bond donors (Lipinski definition) is 1. The van der Waals surface area contributed by atoms with Crippen LogP contribution in [0.25, 0.3) is 0 Å². The summed E-state index contributed by atoms with van der Waals surface area (Å²) in [7, 11) is 0. The fourth-order valence-corrected chi connectivity index (χ4v) is 2.72. The van der Waals surface area contributed by atoms with Crippen molar-refractivity contribution < 1.29 is 24.2 Å². The fraction of sp³-hybridized carbons (Fsp3) is 0.750. The summed E-state index contributed by atoms with van der Waals surface area (Å²) < 4.78 is 10.1. The molecule has 0 heterocycles. The highest BCUT2D eigenvalue weighted by Crippen LogP contribution is 2.09. The third-order valence-corrected chi connectivity index (χ3v) is 4.47. The maximum absolute atomic E-state index is 11.8. The summed E-state index contributed by atoms with van der Waals surface area (Å²) in [5.41, 5.74) is 0. The van der Waals surface area contributed by atoms with Crippen LogP contribution in [0.15, 0.2) is 24.3 Å². The quantitative estimate of drug-likeness (QED) is 0.169. The van der Waals surface area contributed by atoms with Gasteiger partial charge in [-0.2, -0.15) is 0 Å². The fourth-order valence-electron chi connectivity index (χ4n) is 2.72. The van der Waals surface area contributed by atoms with Crippen LogP contribution in [-0.2, 0) is 19.1 Å². The van der Waals surface area contributed by atoms with E-state index in [0.717, 1.165) is 32.1 Å². The van der Waals surface area contributed by atoms with Crippen molar-refractivity contribution in [1.82, 2.24) is 0 Å². The summed E-state index contributed by atoms with van der Waals surface area (Å²) in [5, 5.41) is 9.23. The summed E-state index contributed by atoms with van der Waals surface area (Å²) in [6, 6.07) is 0. The largest absolute Gasteiger partial charge is 0.462 e. The number of allylic oxidation sites excluding steroid dienone is 4. The van der Waals surface area contributed by atoms with Crippen molar-refractivity contribution in [2.45, 2.75) is 103 Å². The van der Waals surface area contributed by atoms with Gasteiger partial charge in [0.05, 0.1) is 6.61 Å². The molecule has 168 valence electrons. The van der Waals surface area contributed by atoms with E-state index in [0.29, 0.717) is 19.3 Å². The molecule has 0 radical (unpaired) electrons. The molecule has 0 aromatic rings. The zero-order valence-corrected chi connectivity index (χ0v) is 18.6. The Hall–Kier alpha value is -1.62. The molecule has 29 heavy (non-hydrogen) atoms. The number of hydrogen-bond acceptors (Lipinski definition) is 5. The molecule has 0 aromatic carbocycles. The smallest absolute Gasteiger partial charge is 0.306 e. The number of ether oxygens (including phenoxy) is 2. The molecule has 0 aliphatic heterocycles. The van der Waals surface area contributed by atoms with E-state index in [2.05, 4.69) is 31.2 Å². The molecule has 0 aliphatic rings. The molecule has 0 fully saturated rings. The zero-order valence-electron chi connectivity index (χ0n) is 18.6. The van der Waals surface area contributed by atoms with Crippen LogP contribution in [-0.4, -0.2) is 36.4 Å². The molecule has 0 aliphatic carbocycles. The maximum atomic E-state index is 11.8. The lowest BCUT2D eigenvalue weighted by Gasteiger charge is -2.15. The van der Waals surface area contributed by atoms with E-state index in [4.69, 9.17) is 9.47 Å². The number of carbonyl (C=O) groups excluding carboxylic acids is 2. The molecule has 0 saturated heterocycles. The molecule has 0 spiro atoms. The Morgan fingerprint density at radius 3 is 2.10 bits per heavy atom. The van der Waals surface area contributed by atoms with Crippen molar-refractivity contribution in [1.29, 1.82) is 0 Å². The van der Waals surface area contributed by atoms with Crippen LogP contribution in [0.3, 0.4) is 0 Å². The number of unbranched alkanes of at least 4 members (excludes halogenated alkanes) is 7. The van der Waals surface area contributed by atoms with Crippen LogP contribution in [0.4, 0.5) is 0 Å². The predicted octanol–water partition coefficient (Wildman–Crippen LogP) is 5.66. The number of aliphatic hydroxyl groups is 1. The Morgan fingerprint density at radius 1 is 0.793 bits per heavy atom. The maximum Gasteiger partial charge on any atom is 0.306 e. The Bertz CT molecular complexity index is 456. The van der Waals surface area contributed by atoms with Crippen LogP contribution >= 0.6 is 0 Å². The van der Waals surface area contributed by atoms with Crippen LogP contribution in [0.5, 0.6) is 0 Å². The minimum atomic E-state index is -0.767. The lowest BCUT2D eigenvalue weighted by Crippen LogP contribution is -2.28. The van der Waals surface area contributed by atoms with Crippen molar-refractivity contribution >= 4 is 11.9 Å². The summed E-state index contributed by atoms with van der Waals surface area (Å²) in [4.78, 5) is 23.1. The number of rotatable bonds is 19. The lowest BCUT2D eigenvalue weighted by atomic mass is 10.1. The Balaban J connectivity index is 3.58. The van der Waals surface area contributed by atoms with Gasteiger partial charge in [0.15, 0.2) is 6.10 Å². The van der Waals surface area contributed by atoms with E-state index in [1.165, 1.54) is 32.1 Å². The highest BCUT2D eigenvalue weighted by atomic mass is 16.6. The van der Waals surface area contributed by atoms with Gasteiger partial charge in [0, 0.05) is 12.8 Å². The standard InChI is InChI=1S/C24H42O5/c1-3-5-6-7-8-9-10-11-12-13-14-15-16-17-19-24(27)29-22(20-25)21-28-23(26)18-4-2/h7-8,10-11,22,25H,3-6,9,12-21H2,1-2H3/b8-7-,11-10-. The Morgan fingerprint density at radius 2 is 1.45 bits per heavy atom. The number of aliphatic hydroxyl groups excluding tert-OH is 1. The second-order valence-electron chi connectivity index (χ2n) is 7.35. The van der Waals surface area contributed by atoms with Gasteiger partial charge in [-0.15, -0.1) is 0 Å². The summed E-state index contributed by atoms with van der Waals surface area (Å²) >= 11 is 0. The van der Waals surface area contributed by atoms with Crippen LogP contribution in [0.2, 0.25) is 0 Å². The molecule has 0 bridgehead atoms. The van der Waals surface area contributed by atoms with Crippen molar-refractivity contribution in [3.05, 3.63) is 24.3 Å². The monoisotopic (exact) mass is 410 g/mol. The van der Waals surface area contributed by atoms with Gasteiger partial charge in [0.25, 0.3) is 0 Å². The molecule has 5 heteroatoms. The molecule has 0 aromatic heterocycles. The summed E-state index contributed by atoms with van der Waals surface area (Å²) in [5.74, 6) is -0.675. The van der Waals surface area contributed by atoms with E-state index in [1.807, 2.05) is 6.92 Å². The van der Waals surface area contributed by atoms with Crippen LogP contribution in [0.1, 0.15) is 97.3 Å². The molecular formula is C24H42O5. The molecule has 1 N–H and O–H groups in total. The Kier molecular flexibility index (Phi) is 19.9. The predicted molar refractivity (Wildman–Crippen MR) is 118 cm³/mol. The molecule has 0 rings (SSSR count). The first kappa shape index (κ1) is 27.4. The second kappa shape index (κ2) is 21.1. The minimum absolute atomic E-state index is 0.0802. The average Bonchev–Trinajstić information content (AvgIpc) is 2.71. The van der Waals surface area contributed by atoms with Gasteiger partial charge in [-0.25, -0.2) is 0 Å². The average molecular weight is 411 g/mol. The minimum Gasteiger partial charge on any atom is -0.462 e. The van der Waals surface area contributed by atoms with E-state index >= 15 is 0 Å². The van der Waals surface area contributed by atoms with E-state index in [9.17, 15) is 14.7 Å². The van der Waals surface area contributed by atoms with Crippen molar-refractivity contribution in [3.63, 3.8) is 0 Å². The van der Waals surface area contributed by atoms with Crippen molar-refractivity contribution in [3.8, 4) is 0 Å². The molecule has 0 amide bonds. The van der Waals surface area contributed by atoms with E-state index in [1.54, 1.807) is 0 Å². The van der Waals surface area contributed by atoms with Gasteiger partial charge >= 0.3 is 11.9 Å². The van der Waals surface area contributed by atoms with Crippen LogP contribution in [0, 0.1) is 0 Å². The van der Waals surface area contributed by atoms with Gasteiger partial charge in [0.1, 0.15) is 6.61 Å². The number of carbonyl (C=O) groups is 2. The summed E-state index contributed by atoms with van der Waals surface area (Å²) in [6.45, 7) is 3.67. The first-order chi connectivity index (χ1) is 14.1. The first-order valence-corrected chi connectivity index (χ1v) is 11.4. The molecule has 0 saturated carbocycles. The molecule has 5 nitrogen and oxygen atoms in total. The van der Waals surface area contributed by atoms with E-state index < -0.39 is 6.10 Å². The Labute approximate surface area is 177 Å². The van der Waals surface area contributed by atoms with Crippen LogP contribution < -0.4 is 0 Å². The highest BCUT2D eigenvalue weighted by Gasteiger charge is 2.15. The van der Waals surface area contributed by atoms with Gasteiger partial charge in [-0.1, -0.05) is 70.3 Å². The normalized spacial score (nSPS) is 12.5. The SMILES string of the molecule is CCCC/C=C\C/C=C\CCCCCCCC(=O)OC(CO)COC(=O)CCC. The molecule has 1 unspecified atom stereocenters. The van der Waals surface area contributed by atoms with Gasteiger partial charge in [-0.3, -0.25) is 9.59 Å². The highest BCUT2D eigenvalue weighted by molar-refractivity contribution is 5.70. The van der Waals surface area contributed by atoms with Crippen molar-refractivity contribution in [2.24, 2.45) is 0 Å². The zero-order chi connectivity index (χ0) is 21.6. The molecule has 1 atom stereocenters. The number of esters is 2. The van der Waals surface area contributed by atoms with Gasteiger partial charge < -0.3 is 14.6 Å². The molecular weight excluding hydrogens is 368 g/mol. The summed E-state index contributed by atoms with van der Waals surface area (Å²) in [6.07, 6.45) is 20.7. The van der Waals surface area contributed by atoms with Crippen molar-refractivity contribution in [2.75, 3.05) is 13.2 Å². The van der Waals surface area contributed by atoms with Gasteiger partial charge in [-0.05, 0) is 38.5 Å². The van der Waals surface area contributed by atoms with Gasteiger partial charge in [0.2, 0.25) is 0 Å². The first-order valence-electron chi connectivity index (χ1n) is 11.4. The lowest BCUT2D eigenvalue weighted by molar-refractivity contribution is -0.161. The second-order valence-corrected chi connectivity index (χ2v) is 7.35.